The summed E-state index contributed by atoms with van der Waals surface area (Å²) >= 11 is 0. The predicted octanol–water partition coefficient (Wildman–Crippen LogP) is 2.05. The third-order valence-corrected chi connectivity index (χ3v) is 1.95. The van der Waals surface area contributed by atoms with Crippen molar-refractivity contribution in [2.45, 2.75) is 20.1 Å². The fourth-order valence-corrected chi connectivity index (χ4v) is 1.28. The van der Waals surface area contributed by atoms with Crippen LogP contribution in [0.4, 0.5) is 5.69 Å². The van der Waals surface area contributed by atoms with Crippen LogP contribution < -0.4 is 10.5 Å². The van der Waals surface area contributed by atoms with E-state index in [4.69, 9.17) is 19.9 Å². The molecule has 0 aliphatic rings. The van der Waals surface area contributed by atoms with Crippen molar-refractivity contribution in [3.05, 3.63) is 24.3 Å². The normalized spacial score (nSPS) is 10.7. The summed E-state index contributed by atoms with van der Waals surface area (Å²) in [7, 11) is 0. The lowest BCUT2D eigenvalue weighted by Gasteiger charge is -2.17. The monoisotopic (exact) mass is 225 g/mol. The molecule has 1 aromatic carbocycles. The van der Waals surface area contributed by atoms with Crippen LogP contribution >= 0.6 is 0 Å². The van der Waals surface area contributed by atoms with E-state index < -0.39 is 0 Å². The van der Waals surface area contributed by atoms with Crippen LogP contribution in [0.5, 0.6) is 5.75 Å². The Balaban J connectivity index is 2.41. The number of hydrogen-bond donors (Lipinski definition) is 1. The highest BCUT2D eigenvalue weighted by atomic mass is 16.7. The molecule has 0 amide bonds. The molecule has 4 nitrogen and oxygen atoms in total. The minimum absolute atomic E-state index is 0.323. The van der Waals surface area contributed by atoms with E-state index in [0.717, 1.165) is 5.75 Å². The smallest absolute Gasteiger partial charge is 0.191 e. The number of hydrogen-bond acceptors (Lipinski definition) is 4. The summed E-state index contributed by atoms with van der Waals surface area (Å²) < 4.78 is 16.2. The number of rotatable bonds is 7. The van der Waals surface area contributed by atoms with Crippen molar-refractivity contribution >= 4 is 5.69 Å². The molecule has 0 saturated carbocycles. The average Bonchev–Trinajstić information content (AvgIpc) is 2.27. The van der Waals surface area contributed by atoms with Crippen LogP contribution in [0.25, 0.3) is 0 Å². The zero-order chi connectivity index (χ0) is 11.8. The second-order valence-electron chi connectivity index (χ2n) is 3.22. The maximum atomic E-state index is 5.64. The molecular weight excluding hydrogens is 206 g/mol. The topological polar surface area (TPSA) is 53.7 Å². The number of nitrogens with two attached hydrogens (primary N) is 1. The molecule has 90 valence electrons. The van der Waals surface area contributed by atoms with Gasteiger partial charge in [-0.3, -0.25) is 0 Å². The Morgan fingerprint density at radius 3 is 2.44 bits per heavy atom. The number of nitrogen functional groups attached to an aromatic ring is 1. The Kier molecular flexibility index (Phi) is 5.67. The lowest BCUT2D eigenvalue weighted by molar-refractivity contribution is -0.152. The zero-order valence-electron chi connectivity index (χ0n) is 9.81. The van der Waals surface area contributed by atoms with E-state index in [1.165, 1.54) is 0 Å². The van der Waals surface area contributed by atoms with E-state index in [2.05, 4.69) is 0 Å². The summed E-state index contributed by atoms with van der Waals surface area (Å²) in [4.78, 5) is 0. The molecule has 1 rings (SSSR count). The maximum absolute atomic E-state index is 5.64. The highest BCUT2D eigenvalue weighted by Crippen LogP contribution is 2.15. The van der Waals surface area contributed by atoms with Gasteiger partial charge in [0, 0.05) is 25.0 Å². The number of ether oxygens (including phenoxy) is 3. The minimum Gasteiger partial charge on any atom is -0.488 e. The third-order valence-electron chi connectivity index (χ3n) is 1.95. The molecule has 0 saturated heterocycles. The molecule has 0 atom stereocenters. The van der Waals surface area contributed by atoms with Crippen LogP contribution in [-0.2, 0) is 9.47 Å². The van der Waals surface area contributed by atoms with Gasteiger partial charge in [0.1, 0.15) is 12.4 Å². The third kappa shape index (κ3) is 4.51. The van der Waals surface area contributed by atoms with E-state index in [9.17, 15) is 0 Å². The standard InChI is InChI=1S/C12H19NO3/c1-3-14-12(15-4-2)9-16-11-7-5-6-10(13)8-11/h5-8,12H,3-4,9,13H2,1-2H3. The van der Waals surface area contributed by atoms with Crippen molar-refractivity contribution in [2.75, 3.05) is 25.6 Å². The van der Waals surface area contributed by atoms with Crippen molar-refractivity contribution in [1.29, 1.82) is 0 Å². The average molecular weight is 225 g/mol. The summed E-state index contributed by atoms with van der Waals surface area (Å²) in [5.74, 6) is 0.726. The van der Waals surface area contributed by atoms with E-state index >= 15 is 0 Å². The first kappa shape index (κ1) is 12.8. The van der Waals surface area contributed by atoms with E-state index in [1.807, 2.05) is 32.0 Å². The summed E-state index contributed by atoms with van der Waals surface area (Å²) in [5, 5.41) is 0. The summed E-state index contributed by atoms with van der Waals surface area (Å²) in [5.41, 5.74) is 6.32. The van der Waals surface area contributed by atoms with E-state index in [0.29, 0.717) is 25.5 Å². The predicted molar refractivity (Wildman–Crippen MR) is 63.4 cm³/mol. The van der Waals surface area contributed by atoms with Gasteiger partial charge in [0.2, 0.25) is 0 Å². The number of anilines is 1. The quantitative estimate of drug-likeness (QED) is 0.570. The molecule has 0 bridgehead atoms. The van der Waals surface area contributed by atoms with Crippen LogP contribution in [0.3, 0.4) is 0 Å². The molecule has 0 unspecified atom stereocenters. The highest BCUT2D eigenvalue weighted by molar-refractivity contribution is 5.43. The van der Waals surface area contributed by atoms with Gasteiger partial charge < -0.3 is 19.9 Å². The van der Waals surface area contributed by atoms with Crippen LogP contribution in [0, 0.1) is 0 Å². The Bertz CT molecular complexity index is 298. The van der Waals surface area contributed by atoms with Crippen LogP contribution in [0.2, 0.25) is 0 Å². The van der Waals surface area contributed by atoms with Crippen molar-refractivity contribution < 1.29 is 14.2 Å². The van der Waals surface area contributed by atoms with Gasteiger partial charge in [-0.2, -0.15) is 0 Å². The Morgan fingerprint density at radius 1 is 1.19 bits per heavy atom. The van der Waals surface area contributed by atoms with Gasteiger partial charge in [-0.1, -0.05) is 6.07 Å². The van der Waals surface area contributed by atoms with Crippen molar-refractivity contribution in [3.63, 3.8) is 0 Å². The molecule has 16 heavy (non-hydrogen) atoms. The summed E-state index contributed by atoms with van der Waals surface area (Å²) in [6.45, 7) is 5.42. The molecule has 4 heteroatoms. The molecule has 0 heterocycles. The van der Waals surface area contributed by atoms with Gasteiger partial charge in [-0.25, -0.2) is 0 Å². The van der Waals surface area contributed by atoms with Crippen molar-refractivity contribution in [1.82, 2.24) is 0 Å². The first-order chi connectivity index (χ1) is 7.76. The number of benzene rings is 1. The van der Waals surface area contributed by atoms with E-state index in [-0.39, 0.29) is 6.29 Å². The van der Waals surface area contributed by atoms with Gasteiger partial charge in [0.05, 0.1) is 0 Å². The summed E-state index contributed by atoms with van der Waals surface area (Å²) in [6.07, 6.45) is -0.323. The maximum Gasteiger partial charge on any atom is 0.191 e. The van der Waals surface area contributed by atoms with Gasteiger partial charge >= 0.3 is 0 Å². The first-order valence-corrected chi connectivity index (χ1v) is 5.47. The molecule has 0 aliphatic carbocycles. The molecule has 0 radical (unpaired) electrons. The molecule has 0 aromatic heterocycles. The second-order valence-corrected chi connectivity index (χ2v) is 3.22. The lowest BCUT2D eigenvalue weighted by atomic mass is 10.3. The molecular formula is C12H19NO3. The van der Waals surface area contributed by atoms with Gasteiger partial charge in [-0.05, 0) is 26.0 Å². The van der Waals surface area contributed by atoms with Gasteiger partial charge in [0.15, 0.2) is 6.29 Å². The van der Waals surface area contributed by atoms with Gasteiger partial charge in [-0.15, -0.1) is 0 Å². The van der Waals surface area contributed by atoms with Gasteiger partial charge in [0.25, 0.3) is 0 Å². The molecule has 0 fully saturated rings. The van der Waals surface area contributed by atoms with Crippen LogP contribution in [-0.4, -0.2) is 26.1 Å². The van der Waals surface area contributed by atoms with E-state index in [1.54, 1.807) is 6.07 Å². The lowest BCUT2D eigenvalue weighted by Crippen LogP contribution is -2.25. The van der Waals surface area contributed by atoms with Crippen LogP contribution in [0.1, 0.15) is 13.8 Å². The molecule has 2 N–H and O–H groups in total. The molecule has 1 aromatic rings. The Morgan fingerprint density at radius 2 is 1.88 bits per heavy atom. The van der Waals surface area contributed by atoms with Crippen LogP contribution in [0.15, 0.2) is 24.3 Å². The zero-order valence-corrected chi connectivity index (χ0v) is 9.81. The van der Waals surface area contributed by atoms with Crippen molar-refractivity contribution in [3.8, 4) is 5.75 Å². The SMILES string of the molecule is CCOC(COc1cccc(N)c1)OCC. The minimum atomic E-state index is -0.323. The second kappa shape index (κ2) is 7.09. The molecule has 0 spiro atoms. The Hall–Kier alpha value is -1.26. The fraction of sp³-hybridized carbons (Fsp3) is 0.500. The first-order valence-electron chi connectivity index (χ1n) is 5.47. The summed E-state index contributed by atoms with van der Waals surface area (Å²) in [6, 6.07) is 7.29. The fourth-order valence-electron chi connectivity index (χ4n) is 1.28. The molecule has 0 aliphatic heterocycles. The Labute approximate surface area is 96.3 Å². The van der Waals surface area contributed by atoms with Crippen molar-refractivity contribution in [2.24, 2.45) is 0 Å². The highest BCUT2D eigenvalue weighted by Gasteiger charge is 2.08. The largest absolute Gasteiger partial charge is 0.488 e.